The number of nitrogens with one attached hydrogen (secondary N) is 2. The van der Waals surface area contributed by atoms with E-state index in [0.29, 0.717) is 18.8 Å². The van der Waals surface area contributed by atoms with Gasteiger partial charge < -0.3 is 15.4 Å². The van der Waals surface area contributed by atoms with Crippen LogP contribution in [-0.4, -0.2) is 50.3 Å². The van der Waals surface area contributed by atoms with Crippen LogP contribution in [0.25, 0.3) is 0 Å². The van der Waals surface area contributed by atoms with Gasteiger partial charge in [-0.2, -0.15) is 4.31 Å². The van der Waals surface area contributed by atoms with E-state index in [2.05, 4.69) is 10.6 Å². The van der Waals surface area contributed by atoms with Crippen LogP contribution in [0, 0.1) is 5.92 Å². The Balaban J connectivity index is 2.00. The van der Waals surface area contributed by atoms with Crippen molar-refractivity contribution in [2.24, 2.45) is 5.92 Å². The molecule has 0 aliphatic rings. The number of para-hydroxylation sites is 1. The maximum atomic E-state index is 12.9. The largest absolute Gasteiger partial charge is 0.484 e. The zero-order chi connectivity index (χ0) is 25.3. The second kappa shape index (κ2) is 12.5. The third-order valence-electron chi connectivity index (χ3n) is 5.46. The Labute approximate surface area is 202 Å². The smallest absolute Gasteiger partial charge is 0.258 e. The average Bonchev–Trinajstić information content (AvgIpc) is 2.82. The zero-order valence-corrected chi connectivity index (χ0v) is 21.3. The summed E-state index contributed by atoms with van der Waals surface area (Å²) in [5.41, 5.74) is 0.757. The molecule has 0 aliphatic carbocycles. The second-order valence-corrected chi connectivity index (χ2v) is 10.2. The van der Waals surface area contributed by atoms with E-state index in [-0.39, 0.29) is 29.4 Å². The molecule has 2 atom stereocenters. The van der Waals surface area contributed by atoms with E-state index >= 15 is 0 Å². The molecular weight excluding hydrogens is 454 g/mol. The Hall–Kier alpha value is -2.91. The fourth-order valence-electron chi connectivity index (χ4n) is 3.44. The third kappa shape index (κ3) is 7.30. The zero-order valence-electron chi connectivity index (χ0n) is 20.4. The van der Waals surface area contributed by atoms with Gasteiger partial charge in [0.05, 0.1) is 10.9 Å². The topological polar surface area (TPSA) is 105 Å². The monoisotopic (exact) mass is 489 g/mol. The SMILES string of the molecule is CCN(CC)S(=O)(=O)c1ccc(C(C)NC(=O)[C@@H](NC(=O)COc2ccccc2)C(C)C)cc1. The number of rotatable bonds is 12. The van der Waals surface area contributed by atoms with Crippen LogP contribution < -0.4 is 15.4 Å². The van der Waals surface area contributed by atoms with E-state index < -0.39 is 22.0 Å². The van der Waals surface area contributed by atoms with Crippen molar-refractivity contribution in [1.29, 1.82) is 0 Å². The molecule has 0 bridgehead atoms. The molecule has 0 saturated carbocycles. The lowest BCUT2D eigenvalue weighted by Gasteiger charge is -2.24. The Kier molecular flexibility index (Phi) is 10.1. The van der Waals surface area contributed by atoms with Gasteiger partial charge in [0.1, 0.15) is 11.8 Å². The maximum Gasteiger partial charge on any atom is 0.258 e. The molecule has 1 unspecified atom stereocenters. The van der Waals surface area contributed by atoms with Crippen molar-refractivity contribution >= 4 is 21.8 Å². The molecule has 0 aliphatic heterocycles. The predicted molar refractivity (Wildman–Crippen MR) is 132 cm³/mol. The quantitative estimate of drug-likeness (QED) is 0.477. The fraction of sp³-hybridized carbons (Fsp3) is 0.440. The van der Waals surface area contributed by atoms with Crippen LogP contribution in [0.15, 0.2) is 59.5 Å². The summed E-state index contributed by atoms with van der Waals surface area (Å²) in [6.45, 7) is 9.69. The molecule has 186 valence electrons. The Bertz CT molecular complexity index is 1040. The van der Waals surface area contributed by atoms with Gasteiger partial charge in [-0.3, -0.25) is 9.59 Å². The fourth-order valence-corrected chi connectivity index (χ4v) is 4.90. The summed E-state index contributed by atoms with van der Waals surface area (Å²) in [4.78, 5) is 25.5. The van der Waals surface area contributed by atoms with Gasteiger partial charge in [-0.1, -0.05) is 58.0 Å². The molecule has 0 fully saturated rings. The Morgan fingerprint density at radius 1 is 0.912 bits per heavy atom. The van der Waals surface area contributed by atoms with Gasteiger partial charge >= 0.3 is 0 Å². The molecule has 2 amide bonds. The van der Waals surface area contributed by atoms with Crippen LogP contribution in [0.4, 0.5) is 0 Å². The number of ether oxygens (including phenoxy) is 1. The lowest BCUT2D eigenvalue weighted by molar-refractivity contribution is -0.131. The minimum Gasteiger partial charge on any atom is -0.484 e. The van der Waals surface area contributed by atoms with Gasteiger partial charge in [0.15, 0.2) is 6.61 Å². The van der Waals surface area contributed by atoms with Crippen LogP contribution in [0.2, 0.25) is 0 Å². The van der Waals surface area contributed by atoms with Gasteiger partial charge in [-0.15, -0.1) is 0 Å². The summed E-state index contributed by atoms with van der Waals surface area (Å²) >= 11 is 0. The van der Waals surface area contributed by atoms with Crippen LogP contribution in [0.3, 0.4) is 0 Å². The molecule has 2 rings (SSSR count). The van der Waals surface area contributed by atoms with E-state index in [1.165, 1.54) is 4.31 Å². The summed E-state index contributed by atoms with van der Waals surface area (Å²) < 4.78 is 32.2. The Morgan fingerprint density at radius 2 is 1.50 bits per heavy atom. The molecule has 0 spiro atoms. The van der Waals surface area contributed by atoms with Crippen LogP contribution >= 0.6 is 0 Å². The number of hydrogen-bond acceptors (Lipinski definition) is 5. The summed E-state index contributed by atoms with van der Waals surface area (Å²) in [5, 5.41) is 5.64. The van der Waals surface area contributed by atoms with E-state index in [1.54, 1.807) is 50.2 Å². The molecular formula is C25H35N3O5S. The standard InChI is InChI=1S/C25H35N3O5S/c1-6-28(7-2)34(31,32)22-15-13-20(14-16-22)19(5)26-25(30)24(18(3)4)27-23(29)17-33-21-11-9-8-10-12-21/h8-16,18-19,24H,6-7,17H2,1-5H3,(H,26,30)(H,27,29)/t19?,24-/m0/s1. The highest BCUT2D eigenvalue weighted by Crippen LogP contribution is 2.20. The van der Waals surface area contributed by atoms with Crippen LogP contribution in [-0.2, 0) is 19.6 Å². The lowest BCUT2D eigenvalue weighted by Crippen LogP contribution is -2.51. The first kappa shape index (κ1) is 27.3. The van der Waals surface area contributed by atoms with Crippen molar-refractivity contribution < 1.29 is 22.7 Å². The molecule has 2 aromatic carbocycles. The average molecular weight is 490 g/mol. The van der Waals surface area contributed by atoms with Crippen LogP contribution in [0.1, 0.15) is 46.2 Å². The third-order valence-corrected chi connectivity index (χ3v) is 7.52. The van der Waals surface area contributed by atoms with E-state index in [4.69, 9.17) is 4.74 Å². The van der Waals surface area contributed by atoms with Gasteiger partial charge in [0.2, 0.25) is 15.9 Å². The first-order valence-electron chi connectivity index (χ1n) is 11.5. The number of nitrogens with zero attached hydrogens (tertiary/aromatic N) is 1. The number of sulfonamides is 1. The first-order chi connectivity index (χ1) is 16.1. The molecule has 34 heavy (non-hydrogen) atoms. The van der Waals surface area contributed by atoms with Gasteiger partial charge in [0.25, 0.3) is 5.91 Å². The summed E-state index contributed by atoms with van der Waals surface area (Å²) in [7, 11) is -3.54. The van der Waals surface area contributed by atoms with Crippen molar-refractivity contribution in [3.63, 3.8) is 0 Å². The number of carbonyl (C=O) groups is 2. The number of hydrogen-bond donors (Lipinski definition) is 2. The molecule has 2 aromatic rings. The normalized spacial score (nSPS) is 13.4. The van der Waals surface area contributed by atoms with Crippen molar-refractivity contribution in [1.82, 2.24) is 14.9 Å². The summed E-state index contributed by atoms with van der Waals surface area (Å²) in [6, 6.07) is 14.3. The van der Waals surface area contributed by atoms with E-state index in [9.17, 15) is 18.0 Å². The summed E-state index contributed by atoms with van der Waals surface area (Å²) in [5.74, 6) is -0.288. The van der Waals surface area contributed by atoms with Crippen molar-refractivity contribution in [2.75, 3.05) is 19.7 Å². The van der Waals surface area contributed by atoms with Crippen molar-refractivity contribution in [3.05, 3.63) is 60.2 Å². The number of amides is 2. The van der Waals surface area contributed by atoms with Gasteiger partial charge in [-0.05, 0) is 42.7 Å². The van der Waals surface area contributed by atoms with E-state index in [1.807, 2.05) is 39.0 Å². The molecule has 0 saturated heterocycles. The molecule has 2 N–H and O–H groups in total. The van der Waals surface area contributed by atoms with Gasteiger partial charge in [0, 0.05) is 13.1 Å². The number of carbonyl (C=O) groups excluding carboxylic acids is 2. The minimum atomic E-state index is -3.54. The van der Waals surface area contributed by atoms with Crippen molar-refractivity contribution in [2.45, 2.75) is 51.6 Å². The highest BCUT2D eigenvalue weighted by Gasteiger charge is 2.26. The number of benzene rings is 2. The lowest BCUT2D eigenvalue weighted by atomic mass is 10.0. The van der Waals surface area contributed by atoms with Crippen molar-refractivity contribution in [3.8, 4) is 5.75 Å². The molecule has 0 radical (unpaired) electrons. The molecule has 0 heterocycles. The van der Waals surface area contributed by atoms with Gasteiger partial charge in [-0.25, -0.2) is 8.42 Å². The Morgan fingerprint density at radius 3 is 2.03 bits per heavy atom. The van der Waals surface area contributed by atoms with E-state index in [0.717, 1.165) is 5.56 Å². The molecule has 9 heteroatoms. The maximum absolute atomic E-state index is 12.9. The second-order valence-electron chi connectivity index (χ2n) is 8.28. The van der Waals surface area contributed by atoms with Crippen LogP contribution in [0.5, 0.6) is 5.75 Å². The summed E-state index contributed by atoms with van der Waals surface area (Å²) in [6.07, 6.45) is 0. The first-order valence-corrected chi connectivity index (χ1v) is 12.9. The highest BCUT2D eigenvalue weighted by molar-refractivity contribution is 7.89. The highest BCUT2D eigenvalue weighted by atomic mass is 32.2. The predicted octanol–water partition coefficient (Wildman–Crippen LogP) is 3.11. The molecule has 0 aromatic heterocycles. The molecule has 8 nitrogen and oxygen atoms in total. The minimum absolute atomic E-state index is 0.144.